The van der Waals surface area contributed by atoms with E-state index in [1.807, 2.05) is 25.1 Å². The van der Waals surface area contributed by atoms with E-state index in [0.717, 1.165) is 22.9 Å². The quantitative estimate of drug-likeness (QED) is 0.864. The molecule has 0 atom stereocenters. The number of nitrogens with one attached hydrogen (secondary N) is 1. The summed E-state index contributed by atoms with van der Waals surface area (Å²) in [6, 6.07) is 5.58. The maximum Gasteiger partial charge on any atom is 0.322 e. The molecule has 6 heteroatoms. The van der Waals surface area contributed by atoms with Gasteiger partial charge in [0.05, 0.1) is 12.1 Å². The van der Waals surface area contributed by atoms with Crippen molar-refractivity contribution in [3.8, 4) is 0 Å². The van der Waals surface area contributed by atoms with Gasteiger partial charge in [-0.3, -0.25) is 4.79 Å². The number of anilines is 1. The minimum Gasteiger partial charge on any atom is -0.481 e. The van der Waals surface area contributed by atoms with E-state index >= 15 is 0 Å². The lowest BCUT2D eigenvalue weighted by Crippen LogP contribution is -2.38. The number of urea groups is 1. The highest BCUT2D eigenvalue weighted by molar-refractivity contribution is 9.10. The average molecular weight is 341 g/mol. The lowest BCUT2D eigenvalue weighted by Gasteiger charge is -2.22. The number of carboxylic acid groups (broad SMARTS) is 1. The first kappa shape index (κ1) is 14.8. The largest absolute Gasteiger partial charge is 0.481 e. The van der Waals surface area contributed by atoms with Gasteiger partial charge in [0.25, 0.3) is 0 Å². The predicted molar refractivity (Wildman–Crippen MR) is 79.9 cm³/mol. The van der Waals surface area contributed by atoms with Crippen LogP contribution in [0.25, 0.3) is 0 Å². The van der Waals surface area contributed by atoms with E-state index in [-0.39, 0.29) is 25.0 Å². The molecule has 1 aliphatic carbocycles. The third-order valence-corrected chi connectivity index (χ3v) is 4.30. The molecule has 1 aromatic rings. The van der Waals surface area contributed by atoms with Crippen molar-refractivity contribution in [1.82, 2.24) is 4.90 Å². The number of aryl methyl sites for hydroxylation is 1. The maximum absolute atomic E-state index is 12.3. The van der Waals surface area contributed by atoms with Crippen LogP contribution in [0.2, 0.25) is 0 Å². The SMILES string of the molecule is Cc1cccc(NC(=O)N(CCC(=O)O)C2CC2)c1Br. The van der Waals surface area contributed by atoms with Gasteiger partial charge in [-0.1, -0.05) is 12.1 Å². The van der Waals surface area contributed by atoms with Crippen LogP contribution < -0.4 is 5.32 Å². The monoisotopic (exact) mass is 340 g/mol. The second-order valence-corrected chi connectivity index (χ2v) is 5.73. The van der Waals surface area contributed by atoms with Crippen LogP contribution in [-0.4, -0.2) is 34.6 Å². The molecule has 2 rings (SSSR count). The van der Waals surface area contributed by atoms with Crippen LogP contribution in [0.15, 0.2) is 22.7 Å². The van der Waals surface area contributed by atoms with Crippen LogP contribution in [0, 0.1) is 6.92 Å². The Bertz CT molecular complexity index is 529. The van der Waals surface area contributed by atoms with E-state index < -0.39 is 5.97 Å². The van der Waals surface area contributed by atoms with Crippen LogP contribution in [0.3, 0.4) is 0 Å². The van der Waals surface area contributed by atoms with Crippen molar-refractivity contribution < 1.29 is 14.7 Å². The second kappa shape index (κ2) is 6.26. The van der Waals surface area contributed by atoms with Crippen molar-refractivity contribution in [3.05, 3.63) is 28.2 Å². The molecule has 1 aliphatic rings. The number of rotatable bonds is 5. The van der Waals surface area contributed by atoms with Gasteiger partial charge in [0, 0.05) is 17.1 Å². The van der Waals surface area contributed by atoms with Crippen LogP contribution in [0.4, 0.5) is 10.5 Å². The van der Waals surface area contributed by atoms with Gasteiger partial charge in [0.2, 0.25) is 0 Å². The first-order valence-electron chi connectivity index (χ1n) is 6.53. The first-order valence-corrected chi connectivity index (χ1v) is 7.33. The molecule has 0 spiro atoms. The zero-order chi connectivity index (χ0) is 14.7. The molecule has 0 heterocycles. The molecule has 5 nitrogen and oxygen atoms in total. The molecule has 1 saturated carbocycles. The predicted octanol–water partition coefficient (Wildman–Crippen LogP) is 3.23. The van der Waals surface area contributed by atoms with Gasteiger partial charge in [-0.25, -0.2) is 4.79 Å². The van der Waals surface area contributed by atoms with Crippen molar-refractivity contribution in [2.24, 2.45) is 0 Å². The number of hydrogen-bond acceptors (Lipinski definition) is 2. The Morgan fingerprint density at radius 1 is 1.45 bits per heavy atom. The molecular weight excluding hydrogens is 324 g/mol. The zero-order valence-electron chi connectivity index (χ0n) is 11.2. The highest BCUT2D eigenvalue weighted by Crippen LogP contribution is 2.29. The second-order valence-electron chi connectivity index (χ2n) is 4.93. The molecule has 0 bridgehead atoms. The Kier molecular flexibility index (Phi) is 4.65. The number of halogens is 1. The topological polar surface area (TPSA) is 69.6 Å². The fourth-order valence-electron chi connectivity index (χ4n) is 1.98. The van der Waals surface area contributed by atoms with Crippen LogP contribution >= 0.6 is 15.9 Å². The summed E-state index contributed by atoms with van der Waals surface area (Å²) in [7, 11) is 0. The van der Waals surface area contributed by atoms with E-state index in [9.17, 15) is 9.59 Å². The van der Waals surface area contributed by atoms with Gasteiger partial charge >= 0.3 is 12.0 Å². The number of carboxylic acids is 1. The van der Waals surface area contributed by atoms with Gasteiger partial charge in [-0.15, -0.1) is 0 Å². The molecule has 0 radical (unpaired) electrons. The summed E-state index contributed by atoms with van der Waals surface area (Å²) >= 11 is 3.45. The van der Waals surface area contributed by atoms with Crippen molar-refractivity contribution in [1.29, 1.82) is 0 Å². The van der Waals surface area contributed by atoms with Gasteiger partial charge in [0.1, 0.15) is 0 Å². The van der Waals surface area contributed by atoms with Crippen molar-refractivity contribution in [2.45, 2.75) is 32.2 Å². The summed E-state index contributed by atoms with van der Waals surface area (Å²) in [6.45, 7) is 2.19. The maximum atomic E-state index is 12.3. The standard InChI is InChI=1S/C14H17BrN2O3/c1-9-3-2-4-11(13(9)15)16-14(20)17(10-5-6-10)8-7-12(18)19/h2-4,10H,5-8H2,1H3,(H,16,20)(H,18,19). The molecule has 1 aromatic carbocycles. The molecular formula is C14H17BrN2O3. The highest BCUT2D eigenvalue weighted by atomic mass is 79.9. The fourth-order valence-corrected chi connectivity index (χ4v) is 2.35. The summed E-state index contributed by atoms with van der Waals surface area (Å²) in [4.78, 5) is 24.5. The number of carbonyl (C=O) groups is 2. The van der Waals surface area contributed by atoms with E-state index in [1.165, 1.54) is 0 Å². The van der Waals surface area contributed by atoms with Crippen molar-refractivity contribution in [3.63, 3.8) is 0 Å². The minimum absolute atomic E-state index is 0.0289. The molecule has 20 heavy (non-hydrogen) atoms. The molecule has 0 aliphatic heterocycles. The number of nitrogens with zero attached hydrogens (tertiary/aromatic N) is 1. The Morgan fingerprint density at radius 3 is 2.75 bits per heavy atom. The lowest BCUT2D eigenvalue weighted by atomic mass is 10.2. The van der Waals surface area contributed by atoms with Gasteiger partial charge in [-0.05, 0) is 47.3 Å². The summed E-state index contributed by atoms with van der Waals surface area (Å²) in [5, 5.41) is 11.6. The average Bonchev–Trinajstić information content (AvgIpc) is 3.19. The van der Waals surface area contributed by atoms with Gasteiger partial charge < -0.3 is 15.3 Å². The Labute approximate surface area is 126 Å². The molecule has 2 amide bonds. The van der Waals surface area contributed by atoms with E-state index in [0.29, 0.717) is 5.69 Å². The Morgan fingerprint density at radius 2 is 2.15 bits per heavy atom. The van der Waals surface area contributed by atoms with Gasteiger partial charge in [-0.2, -0.15) is 0 Å². The van der Waals surface area contributed by atoms with E-state index in [4.69, 9.17) is 5.11 Å². The third-order valence-electron chi connectivity index (χ3n) is 3.25. The number of aliphatic carboxylic acids is 1. The minimum atomic E-state index is -0.889. The van der Waals surface area contributed by atoms with Crippen LogP contribution in [0.1, 0.15) is 24.8 Å². The highest BCUT2D eigenvalue weighted by Gasteiger charge is 2.32. The molecule has 2 N–H and O–H groups in total. The van der Waals surface area contributed by atoms with Crippen molar-refractivity contribution >= 4 is 33.6 Å². The number of amides is 2. The van der Waals surface area contributed by atoms with Crippen molar-refractivity contribution in [2.75, 3.05) is 11.9 Å². The summed E-state index contributed by atoms with van der Waals surface area (Å²) in [6.07, 6.45) is 1.86. The van der Waals surface area contributed by atoms with Crippen LogP contribution in [0.5, 0.6) is 0 Å². The number of carbonyl (C=O) groups excluding carboxylic acids is 1. The molecule has 0 aromatic heterocycles. The first-order chi connectivity index (χ1) is 9.49. The third kappa shape index (κ3) is 3.72. The summed E-state index contributed by atoms with van der Waals surface area (Å²) < 4.78 is 0.849. The van der Waals surface area contributed by atoms with E-state index in [2.05, 4.69) is 21.2 Å². The Hall–Kier alpha value is -1.56. The van der Waals surface area contributed by atoms with Crippen LogP contribution in [-0.2, 0) is 4.79 Å². The fraction of sp³-hybridized carbons (Fsp3) is 0.429. The van der Waals surface area contributed by atoms with Gasteiger partial charge in [0.15, 0.2) is 0 Å². The molecule has 0 unspecified atom stereocenters. The smallest absolute Gasteiger partial charge is 0.322 e. The van der Waals surface area contributed by atoms with E-state index in [1.54, 1.807) is 4.90 Å². The molecule has 1 fully saturated rings. The summed E-state index contributed by atoms with van der Waals surface area (Å²) in [5.74, 6) is -0.889. The normalized spacial score (nSPS) is 13.9. The molecule has 108 valence electrons. The molecule has 0 saturated heterocycles. The lowest BCUT2D eigenvalue weighted by molar-refractivity contribution is -0.137. The zero-order valence-corrected chi connectivity index (χ0v) is 12.8. The number of hydrogen-bond donors (Lipinski definition) is 2. The Balaban J connectivity index is 2.04. The number of benzene rings is 1. The summed E-state index contributed by atoms with van der Waals surface area (Å²) in [5.41, 5.74) is 1.74.